The van der Waals surface area contributed by atoms with Gasteiger partial charge >= 0.3 is 0 Å². The maximum Gasteiger partial charge on any atom is 0.278 e. The van der Waals surface area contributed by atoms with Crippen LogP contribution < -0.4 is 16.2 Å². The lowest BCUT2D eigenvalue weighted by Crippen LogP contribution is -2.24. The first kappa shape index (κ1) is 29.5. The molecule has 0 atom stereocenters. The molecule has 0 bridgehead atoms. The van der Waals surface area contributed by atoms with E-state index in [9.17, 15) is 4.79 Å². The Bertz CT molecular complexity index is 1410. The molecule has 0 spiro atoms. The minimum atomic E-state index is -0.136. The number of anilines is 2. The summed E-state index contributed by atoms with van der Waals surface area (Å²) in [5.41, 5.74) is 4.31. The second kappa shape index (κ2) is 11.6. The quantitative estimate of drug-likeness (QED) is 0.387. The minimum absolute atomic E-state index is 0. The van der Waals surface area contributed by atoms with Crippen LogP contribution in [0.1, 0.15) is 44.6 Å². The van der Waals surface area contributed by atoms with Crippen LogP contribution in [0.15, 0.2) is 41.5 Å². The summed E-state index contributed by atoms with van der Waals surface area (Å²) >= 11 is 0. The van der Waals surface area contributed by atoms with E-state index >= 15 is 0 Å². The Morgan fingerprint density at radius 2 is 1.86 bits per heavy atom. The SMILES string of the molecule is CCn1c(=O)c2cnc(Nc3cnc4c(c3)CNCC4)nc2n1-c1cccc(C(C)(C)C)n1.Cl.Cl.Cl. The molecule has 2 N–H and O–H groups in total. The van der Waals surface area contributed by atoms with Gasteiger partial charge in [0.1, 0.15) is 5.39 Å². The molecule has 1 aliphatic rings. The molecular formula is C24H31Cl3N8O. The monoisotopic (exact) mass is 552 g/mol. The van der Waals surface area contributed by atoms with Crippen LogP contribution in [0.5, 0.6) is 0 Å². The molecule has 0 radical (unpaired) electrons. The van der Waals surface area contributed by atoms with Crippen molar-refractivity contribution in [2.75, 3.05) is 11.9 Å². The van der Waals surface area contributed by atoms with Crippen molar-refractivity contribution >= 4 is 59.9 Å². The molecule has 5 rings (SSSR count). The van der Waals surface area contributed by atoms with Gasteiger partial charge in [-0.15, -0.1) is 37.2 Å². The van der Waals surface area contributed by atoms with Gasteiger partial charge < -0.3 is 10.6 Å². The average molecular weight is 554 g/mol. The van der Waals surface area contributed by atoms with Crippen molar-refractivity contribution in [3.05, 3.63) is 64.0 Å². The van der Waals surface area contributed by atoms with Gasteiger partial charge in [-0.05, 0) is 30.7 Å². The number of halogens is 3. The second-order valence-electron chi connectivity index (χ2n) is 9.28. The summed E-state index contributed by atoms with van der Waals surface area (Å²) in [5.74, 6) is 1.06. The fourth-order valence-electron chi connectivity index (χ4n) is 4.11. The highest BCUT2D eigenvalue weighted by Crippen LogP contribution is 2.23. The zero-order valence-electron chi connectivity index (χ0n) is 20.6. The molecular weight excluding hydrogens is 523 g/mol. The number of aromatic nitrogens is 6. The van der Waals surface area contributed by atoms with Crippen LogP contribution in [-0.2, 0) is 24.9 Å². The molecule has 0 amide bonds. The number of nitrogens with one attached hydrogen (secondary N) is 2. The molecule has 9 nitrogen and oxygen atoms in total. The van der Waals surface area contributed by atoms with Gasteiger partial charge in [0.05, 0.1) is 11.9 Å². The summed E-state index contributed by atoms with van der Waals surface area (Å²) in [6.07, 6.45) is 4.31. The van der Waals surface area contributed by atoms with Crippen molar-refractivity contribution in [1.82, 2.24) is 34.6 Å². The maximum absolute atomic E-state index is 13.1. The standard InChI is InChI=1S/C24H28N8O.3ClH/c1-5-31-22(33)17-14-27-23(28-16-11-15-12-25-10-9-18(15)26-13-16)30-21(17)32(31)20-8-6-7-19(29-20)24(2,3)4;;;/h6-8,11,13-14,25H,5,9-10,12H2,1-4H3,(H,27,28,30);3*1H. The number of rotatable bonds is 4. The van der Waals surface area contributed by atoms with Gasteiger partial charge in [0.25, 0.3) is 5.56 Å². The summed E-state index contributed by atoms with van der Waals surface area (Å²) in [6.45, 7) is 10.5. The molecule has 1 aliphatic heterocycles. The van der Waals surface area contributed by atoms with Crippen LogP contribution in [0.3, 0.4) is 0 Å². The molecule has 0 saturated carbocycles. The van der Waals surface area contributed by atoms with E-state index in [1.54, 1.807) is 21.8 Å². The van der Waals surface area contributed by atoms with Gasteiger partial charge in [-0.3, -0.25) is 9.78 Å². The topological polar surface area (TPSA) is 103 Å². The zero-order chi connectivity index (χ0) is 23.2. The average Bonchev–Trinajstić information content (AvgIpc) is 3.09. The number of nitrogens with zero attached hydrogens (tertiary/aromatic N) is 6. The summed E-state index contributed by atoms with van der Waals surface area (Å²) in [5, 5.41) is 7.07. The van der Waals surface area contributed by atoms with Crippen molar-refractivity contribution in [3.8, 4) is 5.82 Å². The van der Waals surface area contributed by atoms with Gasteiger partial charge in [0.15, 0.2) is 11.5 Å². The molecule has 0 saturated heterocycles. The van der Waals surface area contributed by atoms with E-state index in [1.165, 1.54) is 5.56 Å². The van der Waals surface area contributed by atoms with Gasteiger partial charge in [0.2, 0.25) is 5.95 Å². The zero-order valence-corrected chi connectivity index (χ0v) is 23.1. The molecule has 194 valence electrons. The molecule has 12 heteroatoms. The fraction of sp³-hybridized carbons (Fsp3) is 0.375. The summed E-state index contributed by atoms with van der Waals surface area (Å²) in [6, 6.07) is 7.94. The van der Waals surface area contributed by atoms with E-state index in [0.29, 0.717) is 29.3 Å². The number of hydrogen-bond donors (Lipinski definition) is 2. The third-order valence-electron chi connectivity index (χ3n) is 5.86. The Balaban J connectivity index is 0.00000152. The van der Waals surface area contributed by atoms with E-state index < -0.39 is 0 Å². The molecule has 0 aliphatic carbocycles. The Kier molecular flexibility index (Phi) is 9.47. The van der Waals surface area contributed by atoms with Crippen molar-refractivity contribution in [2.45, 2.75) is 52.6 Å². The van der Waals surface area contributed by atoms with Crippen molar-refractivity contribution in [1.29, 1.82) is 0 Å². The Hall–Kier alpha value is -2.72. The van der Waals surface area contributed by atoms with Crippen LogP contribution in [0, 0.1) is 0 Å². The third-order valence-corrected chi connectivity index (χ3v) is 5.86. The highest BCUT2D eigenvalue weighted by molar-refractivity contribution is 5.86. The molecule has 0 fully saturated rings. The van der Waals surface area contributed by atoms with Crippen LogP contribution in [-0.4, -0.2) is 35.8 Å². The van der Waals surface area contributed by atoms with Crippen LogP contribution in [0.4, 0.5) is 11.6 Å². The highest BCUT2D eigenvalue weighted by Gasteiger charge is 2.20. The number of pyridine rings is 2. The predicted octanol–water partition coefficient (Wildman–Crippen LogP) is 4.34. The second-order valence-corrected chi connectivity index (χ2v) is 9.28. The van der Waals surface area contributed by atoms with Crippen molar-refractivity contribution in [2.24, 2.45) is 0 Å². The van der Waals surface area contributed by atoms with Crippen LogP contribution in [0.25, 0.3) is 16.9 Å². The van der Waals surface area contributed by atoms with Gasteiger partial charge in [-0.25, -0.2) is 19.3 Å². The number of fused-ring (bicyclic) bond motifs is 2. The maximum atomic E-state index is 13.1. The van der Waals surface area contributed by atoms with Gasteiger partial charge in [0, 0.05) is 49.1 Å². The number of hydrogen-bond acceptors (Lipinski definition) is 7. The van der Waals surface area contributed by atoms with Crippen LogP contribution >= 0.6 is 37.2 Å². The fourth-order valence-corrected chi connectivity index (χ4v) is 4.11. The van der Waals surface area contributed by atoms with E-state index in [-0.39, 0.29) is 48.2 Å². The third kappa shape index (κ3) is 5.49. The normalized spacial score (nSPS) is 12.7. The molecule has 4 aromatic rings. The van der Waals surface area contributed by atoms with Gasteiger partial charge in [-0.2, -0.15) is 4.98 Å². The first-order chi connectivity index (χ1) is 15.8. The van der Waals surface area contributed by atoms with Crippen molar-refractivity contribution < 1.29 is 0 Å². The van der Waals surface area contributed by atoms with E-state index in [1.807, 2.05) is 25.1 Å². The first-order valence-electron chi connectivity index (χ1n) is 11.3. The summed E-state index contributed by atoms with van der Waals surface area (Å²) < 4.78 is 3.43. The lowest BCUT2D eigenvalue weighted by molar-refractivity contribution is 0.545. The van der Waals surface area contributed by atoms with E-state index in [2.05, 4.69) is 47.4 Å². The Morgan fingerprint density at radius 1 is 1.08 bits per heavy atom. The summed E-state index contributed by atoms with van der Waals surface area (Å²) in [7, 11) is 0. The Morgan fingerprint density at radius 3 is 2.58 bits per heavy atom. The molecule has 4 aromatic heterocycles. The largest absolute Gasteiger partial charge is 0.323 e. The lowest BCUT2D eigenvalue weighted by atomic mass is 9.92. The highest BCUT2D eigenvalue weighted by atomic mass is 35.5. The van der Waals surface area contributed by atoms with Gasteiger partial charge in [-0.1, -0.05) is 26.8 Å². The lowest BCUT2D eigenvalue weighted by Gasteiger charge is -2.19. The minimum Gasteiger partial charge on any atom is -0.323 e. The summed E-state index contributed by atoms with van der Waals surface area (Å²) in [4.78, 5) is 31.6. The van der Waals surface area contributed by atoms with Crippen molar-refractivity contribution in [3.63, 3.8) is 0 Å². The van der Waals surface area contributed by atoms with E-state index in [4.69, 9.17) is 9.97 Å². The van der Waals surface area contributed by atoms with Crippen LogP contribution in [0.2, 0.25) is 0 Å². The Labute approximate surface area is 228 Å². The first-order valence-corrected chi connectivity index (χ1v) is 11.3. The molecule has 5 heterocycles. The molecule has 0 unspecified atom stereocenters. The van der Waals surface area contributed by atoms with E-state index in [0.717, 1.165) is 36.6 Å². The molecule has 36 heavy (non-hydrogen) atoms. The molecule has 0 aromatic carbocycles. The predicted molar refractivity (Wildman–Crippen MR) is 150 cm³/mol. The smallest absolute Gasteiger partial charge is 0.278 e.